The van der Waals surface area contributed by atoms with Crippen LogP contribution < -0.4 is 0 Å². The number of para-hydroxylation sites is 1. The van der Waals surface area contributed by atoms with Crippen molar-refractivity contribution in [2.45, 2.75) is 12.4 Å². The standard InChI is InChI=1S/C47H26F6N4O/c48-46(49,50)31-17-20-38-34(25-31)35-26-32(47(51,52)53)18-21-39(35)57(38)40-19-15-29(30-16-22-42-36(23-30)33-13-7-8-14-41(33)58-42)24-37(40)45-55-43(27-9-3-1-4-10-27)54-44(56-45)28-11-5-2-6-12-28/h1-26H. The Labute approximate surface area is 325 Å². The van der Waals surface area contributed by atoms with Crippen LogP contribution in [-0.2, 0) is 12.4 Å². The highest BCUT2D eigenvalue weighted by Gasteiger charge is 2.34. The van der Waals surface area contributed by atoms with E-state index in [2.05, 4.69) is 0 Å². The van der Waals surface area contributed by atoms with Crippen LogP contribution in [0.1, 0.15) is 11.1 Å². The van der Waals surface area contributed by atoms with Crippen LogP contribution in [0.15, 0.2) is 162 Å². The quantitative estimate of drug-likeness (QED) is 0.163. The van der Waals surface area contributed by atoms with Gasteiger partial charge in [-0.3, -0.25) is 0 Å². The fourth-order valence-electron chi connectivity index (χ4n) is 7.56. The molecule has 10 aromatic rings. The number of alkyl halides is 6. The summed E-state index contributed by atoms with van der Waals surface area (Å²) in [5, 5.41) is 1.86. The van der Waals surface area contributed by atoms with Crippen LogP contribution in [0, 0.1) is 0 Å². The first kappa shape index (κ1) is 35.2. The number of hydrogen-bond donors (Lipinski definition) is 0. The topological polar surface area (TPSA) is 56.7 Å². The number of furan rings is 1. The first-order valence-electron chi connectivity index (χ1n) is 18.2. The molecule has 0 N–H and O–H groups in total. The van der Waals surface area contributed by atoms with E-state index in [4.69, 9.17) is 19.4 Å². The second kappa shape index (κ2) is 13.2. The normalized spacial score (nSPS) is 12.3. The van der Waals surface area contributed by atoms with E-state index < -0.39 is 23.5 Å². The number of halogens is 6. The van der Waals surface area contributed by atoms with Crippen molar-refractivity contribution in [2.75, 3.05) is 0 Å². The van der Waals surface area contributed by atoms with Gasteiger partial charge in [0.15, 0.2) is 17.5 Å². The summed E-state index contributed by atoms with van der Waals surface area (Å²) in [4.78, 5) is 14.8. The summed E-state index contributed by atoms with van der Waals surface area (Å²) in [5.41, 5.74) is 3.95. The van der Waals surface area contributed by atoms with Crippen LogP contribution in [0.25, 0.3) is 94.7 Å². The van der Waals surface area contributed by atoms with Gasteiger partial charge in [0.2, 0.25) is 0 Å². The third-order valence-electron chi connectivity index (χ3n) is 10.3. The van der Waals surface area contributed by atoms with E-state index in [0.29, 0.717) is 28.5 Å². The average molecular weight is 777 g/mol. The van der Waals surface area contributed by atoms with Gasteiger partial charge in [-0.25, -0.2) is 15.0 Å². The molecule has 3 heterocycles. The Morgan fingerprint density at radius 3 is 1.48 bits per heavy atom. The molecule has 0 aliphatic heterocycles. The van der Waals surface area contributed by atoms with Crippen LogP contribution in [0.5, 0.6) is 0 Å². The molecule has 5 nitrogen and oxygen atoms in total. The zero-order valence-corrected chi connectivity index (χ0v) is 30.0. The van der Waals surface area contributed by atoms with Crippen molar-refractivity contribution >= 4 is 43.7 Å². The Balaban J connectivity index is 1.28. The zero-order valence-electron chi connectivity index (χ0n) is 30.0. The van der Waals surface area contributed by atoms with Gasteiger partial charge in [0, 0.05) is 38.2 Å². The van der Waals surface area contributed by atoms with Crippen molar-refractivity contribution in [2.24, 2.45) is 0 Å². The number of aromatic nitrogens is 4. The van der Waals surface area contributed by atoms with Crippen LogP contribution >= 0.6 is 0 Å². The van der Waals surface area contributed by atoms with E-state index >= 15 is 0 Å². The molecule has 0 atom stereocenters. The maximum absolute atomic E-state index is 14.1. The van der Waals surface area contributed by atoms with Crippen molar-refractivity contribution in [3.05, 3.63) is 169 Å². The largest absolute Gasteiger partial charge is 0.456 e. The van der Waals surface area contributed by atoms with Crippen LogP contribution in [0.2, 0.25) is 0 Å². The number of rotatable bonds is 5. The molecule has 0 aliphatic carbocycles. The Kier molecular flexibility index (Phi) is 7.98. The number of benzene rings is 7. The van der Waals surface area contributed by atoms with Gasteiger partial charge in [-0.15, -0.1) is 0 Å². The Morgan fingerprint density at radius 2 is 0.897 bits per heavy atom. The second-order valence-electron chi connectivity index (χ2n) is 13.9. The molecule has 282 valence electrons. The van der Waals surface area contributed by atoms with Gasteiger partial charge in [0.1, 0.15) is 11.2 Å². The summed E-state index contributed by atoms with van der Waals surface area (Å²) in [6, 6.07) is 44.1. The van der Waals surface area contributed by atoms with E-state index in [1.54, 1.807) is 10.6 Å². The van der Waals surface area contributed by atoms with Crippen molar-refractivity contribution in [3.63, 3.8) is 0 Å². The SMILES string of the molecule is FC(F)(F)c1ccc2c(c1)c1cc(C(F)(F)F)ccc1n2-c1ccc(-c2ccc3oc4ccccc4c3c2)cc1-c1nc(-c2ccccc2)nc(-c2ccccc2)n1. The molecule has 58 heavy (non-hydrogen) atoms. The van der Waals surface area contributed by atoms with Gasteiger partial charge in [-0.2, -0.15) is 26.3 Å². The number of hydrogen-bond acceptors (Lipinski definition) is 4. The minimum atomic E-state index is -4.73. The third kappa shape index (κ3) is 6.03. The van der Waals surface area contributed by atoms with Crippen molar-refractivity contribution in [1.29, 1.82) is 0 Å². The van der Waals surface area contributed by atoms with E-state index in [1.807, 2.05) is 115 Å². The van der Waals surface area contributed by atoms with E-state index in [-0.39, 0.29) is 27.6 Å². The molecule has 0 aliphatic rings. The summed E-state index contributed by atoms with van der Waals surface area (Å²) in [7, 11) is 0. The number of nitrogens with zero attached hydrogens (tertiary/aromatic N) is 4. The Morgan fingerprint density at radius 1 is 0.397 bits per heavy atom. The monoisotopic (exact) mass is 776 g/mol. The average Bonchev–Trinajstić information content (AvgIpc) is 3.78. The van der Waals surface area contributed by atoms with E-state index in [9.17, 15) is 26.3 Å². The highest BCUT2D eigenvalue weighted by molar-refractivity contribution is 6.10. The zero-order chi connectivity index (χ0) is 39.8. The molecule has 0 unspecified atom stereocenters. The van der Waals surface area contributed by atoms with Gasteiger partial charge in [-0.05, 0) is 77.9 Å². The van der Waals surface area contributed by atoms with Gasteiger partial charge in [0.25, 0.3) is 0 Å². The lowest BCUT2D eigenvalue weighted by Gasteiger charge is -2.17. The third-order valence-corrected chi connectivity index (χ3v) is 10.3. The molecule has 3 aromatic heterocycles. The smallest absolute Gasteiger partial charge is 0.416 e. The molecule has 0 spiro atoms. The lowest BCUT2D eigenvalue weighted by molar-refractivity contribution is -0.138. The van der Waals surface area contributed by atoms with Gasteiger partial charge >= 0.3 is 12.4 Å². The predicted octanol–water partition coefficient (Wildman–Crippen LogP) is 13.6. The minimum absolute atomic E-state index is 0.00818. The van der Waals surface area contributed by atoms with Gasteiger partial charge < -0.3 is 8.98 Å². The molecule has 11 heteroatoms. The molecule has 0 saturated heterocycles. The molecule has 0 radical (unpaired) electrons. The van der Waals surface area contributed by atoms with Crippen molar-refractivity contribution in [3.8, 4) is 51.0 Å². The molecule has 0 bridgehead atoms. The lowest BCUT2D eigenvalue weighted by atomic mass is 9.99. The van der Waals surface area contributed by atoms with Crippen LogP contribution in [0.4, 0.5) is 26.3 Å². The van der Waals surface area contributed by atoms with Crippen LogP contribution in [0.3, 0.4) is 0 Å². The number of fused-ring (bicyclic) bond motifs is 6. The Hall–Kier alpha value is -7.27. The molecule has 0 amide bonds. The second-order valence-corrected chi connectivity index (χ2v) is 13.9. The fraction of sp³-hybridized carbons (Fsp3) is 0.0426. The summed E-state index contributed by atoms with van der Waals surface area (Å²) in [6.07, 6.45) is -9.46. The van der Waals surface area contributed by atoms with E-state index in [0.717, 1.165) is 62.9 Å². The summed E-state index contributed by atoms with van der Waals surface area (Å²) in [5.74, 6) is 0.992. The van der Waals surface area contributed by atoms with Crippen molar-refractivity contribution < 1.29 is 30.8 Å². The van der Waals surface area contributed by atoms with Crippen molar-refractivity contribution in [1.82, 2.24) is 19.5 Å². The minimum Gasteiger partial charge on any atom is -0.456 e. The summed E-state index contributed by atoms with van der Waals surface area (Å²) >= 11 is 0. The molecular formula is C47H26F6N4O. The van der Waals surface area contributed by atoms with Gasteiger partial charge in [0.05, 0.1) is 27.8 Å². The molecule has 0 fully saturated rings. The fourth-order valence-corrected chi connectivity index (χ4v) is 7.56. The van der Waals surface area contributed by atoms with E-state index in [1.165, 1.54) is 12.1 Å². The predicted molar refractivity (Wildman–Crippen MR) is 213 cm³/mol. The molecule has 10 rings (SSSR count). The molecule has 7 aromatic carbocycles. The highest BCUT2D eigenvalue weighted by atomic mass is 19.4. The summed E-state index contributed by atoms with van der Waals surface area (Å²) < 4.78 is 92.4. The maximum Gasteiger partial charge on any atom is 0.416 e. The first-order valence-corrected chi connectivity index (χ1v) is 18.2. The first-order chi connectivity index (χ1) is 28.0. The lowest BCUT2D eigenvalue weighted by Crippen LogP contribution is -2.05. The molecule has 0 saturated carbocycles. The molecular weight excluding hydrogens is 751 g/mol. The highest BCUT2D eigenvalue weighted by Crippen LogP contribution is 2.43. The van der Waals surface area contributed by atoms with Crippen LogP contribution in [-0.4, -0.2) is 19.5 Å². The Bertz CT molecular complexity index is 3080. The summed E-state index contributed by atoms with van der Waals surface area (Å²) in [6.45, 7) is 0. The maximum atomic E-state index is 14.1. The van der Waals surface area contributed by atoms with Gasteiger partial charge in [-0.1, -0.05) is 91.0 Å².